The topological polar surface area (TPSA) is 136 Å². The van der Waals surface area contributed by atoms with Crippen molar-refractivity contribution in [2.75, 3.05) is 32.9 Å². The van der Waals surface area contributed by atoms with Gasteiger partial charge in [-0.2, -0.15) is 0 Å². The van der Waals surface area contributed by atoms with Crippen molar-refractivity contribution in [2.24, 2.45) is 5.16 Å². The van der Waals surface area contributed by atoms with E-state index < -0.39 is 30.8 Å². The Hall–Kier alpha value is -2.95. The number of H-pyrrole nitrogens is 1. The first-order chi connectivity index (χ1) is 15.4. The van der Waals surface area contributed by atoms with E-state index >= 15 is 0 Å². The highest BCUT2D eigenvalue weighted by atomic mass is 16.6. The number of carbonyl (C=O) groups excluding carboxylic acids is 2. The van der Waals surface area contributed by atoms with Gasteiger partial charge in [-0.3, -0.25) is 9.59 Å². The molecule has 0 radical (unpaired) electrons. The minimum atomic E-state index is -1.18. The second-order valence-corrected chi connectivity index (χ2v) is 7.81. The number of nitrogens with zero attached hydrogens (tertiary/aromatic N) is 2. The van der Waals surface area contributed by atoms with E-state index in [1.165, 1.54) is 13.8 Å². The van der Waals surface area contributed by atoms with Gasteiger partial charge in [-0.05, 0) is 25.5 Å². The summed E-state index contributed by atoms with van der Waals surface area (Å²) in [5, 5.41) is 26.5. The molecule has 1 fully saturated rings. The molecule has 3 unspecified atom stereocenters. The zero-order chi connectivity index (χ0) is 23.1. The van der Waals surface area contributed by atoms with E-state index in [2.05, 4.69) is 15.5 Å². The molecule has 4 N–H and O–H groups in total. The zero-order valence-corrected chi connectivity index (χ0v) is 18.3. The summed E-state index contributed by atoms with van der Waals surface area (Å²) in [4.78, 5) is 35.5. The normalized spacial score (nSPS) is 17.6. The van der Waals surface area contributed by atoms with Crippen molar-refractivity contribution >= 4 is 28.4 Å². The zero-order valence-electron chi connectivity index (χ0n) is 18.3. The summed E-state index contributed by atoms with van der Waals surface area (Å²) in [6.45, 7) is 4.33. The summed E-state index contributed by atoms with van der Waals surface area (Å²) in [5.41, 5.74) is 2.02. The van der Waals surface area contributed by atoms with Crippen molar-refractivity contribution < 1.29 is 29.4 Å². The van der Waals surface area contributed by atoms with E-state index in [-0.39, 0.29) is 11.6 Å². The molecule has 2 aromatic rings. The van der Waals surface area contributed by atoms with Gasteiger partial charge in [0, 0.05) is 36.6 Å². The molecule has 3 atom stereocenters. The van der Waals surface area contributed by atoms with E-state index in [4.69, 9.17) is 9.57 Å². The monoisotopic (exact) mass is 446 g/mol. The average Bonchev–Trinajstić information content (AvgIpc) is 3.21. The van der Waals surface area contributed by atoms with Gasteiger partial charge in [0.05, 0.1) is 25.0 Å². The Morgan fingerprint density at radius 3 is 2.72 bits per heavy atom. The molecular weight excluding hydrogens is 416 g/mol. The standard InChI is InChI=1S/C22H30N4O6/c1-14(21(29)15(2)27)25-32-13-20(28)24-19(22(30)26-7-9-31-10-8-26)11-16-12-23-18-6-4-3-5-17(16)18/h3-6,12,15,19,21,23,27,29H,7-11,13H2,1-2H3,(H,24,28)/b25-14-. The highest BCUT2D eigenvalue weighted by Crippen LogP contribution is 2.20. The molecule has 0 saturated carbocycles. The number of hydrogen-bond acceptors (Lipinski definition) is 7. The number of carbonyl (C=O) groups is 2. The lowest BCUT2D eigenvalue weighted by Gasteiger charge is -2.30. The quantitative estimate of drug-likeness (QED) is 0.321. The van der Waals surface area contributed by atoms with E-state index in [9.17, 15) is 19.8 Å². The minimum absolute atomic E-state index is 0.146. The number of rotatable bonds is 9. The first-order valence-corrected chi connectivity index (χ1v) is 10.6. The van der Waals surface area contributed by atoms with Crippen molar-refractivity contribution in [1.82, 2.24) is 15.2 Å². The third-order valence-electron chi connectivity index (χ3n) is 5.34. The van der Waals surface area contributed by atoms with Crippen LogP contribution in [0.25, 0.3) is 10.9 Å². The maximum atomic E-state index is 13.2. The smallest absolute Gasteiger partial charge is 0.261 e. The van der Waals surface area contributed by atoms with Gasteiger partial charge in [0.25, 0.3) is 5.91 Å². The van der Waals surface area contributed by atoms with Crippen LogP contribution in [0.15, 0.2) is 35.6 Å². The number of amides is 2. The minimum Gasteiger partial charge on any atom is -0.390 e. The number of hydrogen-bond donors (Lipinski definition) is 4. The van der Waals surface area contributed by atoms with E-state index in [0.717, 1.165) is 16.5 Å². The van der Waals surface area contributed by atoms with Gasteiger partial charge in [-0.1, -0.05) is 23.4 Å². The average molecular weight is 447 g/mol. The third-order valence-corrected chi connectivity index (χ3v) is 5.34. The van der Waals surface area contributed by atoms with Gasteiger partial charge >= 0.3 is 0 Å². The van der Waals surface area contributed by atoms with Gasteiger partial charge in [0.2, 0.25) is 5.91 Å². The summed E-state index contributed by atoms with van der Waals surface area (Å²) < 4.78 is 5.33. The lowest BCUT2D eigenvalue weighted by molar-refractivity contribution is -0.140. The molecule has 0 bridgehead atoms. The number of aromatic nitrogens is 1. The number of morpholine rings is 1. The van der Waals surface area contributed by atoms with Gasteiger partial charge in [0.1, 0.15) is 12.1 Å². The molecule has 1 saturated heterocycles. The molecular formula is C22H30N4O6. The Morgan fingerprint density at radius 1 is 1.28 bits per heavy atom. The van der Waals surface area contributed by atoms with E-state index in [1.54, 1.807) is 4.90 Å². The van der Waals surface area contributed by atoms with Crippen molar-refractivity contribution in [2.45, 2.75) is 38.5 Å². The SMILES string of the molecule is C/C(=N/OCC(=O)NC(Cc1c[nH]c2ccccc12)C(=O)N1CCOCC1)C(O)C(C)O. The van der Waals surface area contributed by atoms with E-state index in [1.807, 2.05) is 30.5 Å². The van der Waals surface area contributed by atoms with Crippen molar-refractivity contribution in [3.63, 3.8) is 0 Å². The number of nitrogens with one attached hydrogen (secondary N) is 2. The maximum absolute atomic E-state index is 13.2. The number of fused-ring (bicyclic) bond motifs is 1. The molecule has 10 nitrogen and oxygen atoms in total. The second kappa shape index (κ2) is 11.1. The van der Waals surface area contributed by atoms with Crippen LogP contribution in [-0.2, 0) is 25.6 Å². The van der Waals surface area contributed by atoms with Gasteiger partial charge in [-0.15, -0.1) is 0 Å². The van der Waals surface area contributed by atoms with Crippen LogP contribution in [0, 0.1) is 0 Å². The number of para-hydroxylation sites is 1. The van der Waals surface area contributed by atoms with Crippen LogP contribution in [0.3, 0.4) is 0 Å². The summed E-state index contributed by atoms with van der Waals surface area (Å²) in [6.07, 6.45) is -0.0362. The molecule has 0 spiro atoms. The molecule has 1 aromatic carbocycles. The number of oxime groups is 1. The number of aliphatic hydroxyl groups is 2. The molecule has 0 aliphatic carbocycles. The fraction of sp³-hybridized carbons (Fsp3) is 0.500. The Kier molecular flexibility index (Phi) is 8.20. The van der Waals surface area contributed by atoms with Crippen molar-refractivity contribution in [3.05, 3.63) is 36.0 Å². The first kappa shape index (κ1) is 23.7. The fourth-order valence-corrected chi connectivity index (χ4v) is 3.56. The van der Waals surface area contributed by atoms with Crippen LogP contribution in [0.5, 0.6) is 0 Å². The van der Waals surface area contributed by atoms with Crippen LogP contribution in [0.2, 0.25) is 0 Å². The predicted octanol–water partition coefficient (Wildman–Crippen LogP) is 0.188. The Morgan fingerprint density at radius 2 is 2.00 bits per heavy atom. The highest BCUT2D eigenvalue weighted by Gasteiger charge is 2.28. The summed E-state index contributed by atoms with van der Waals surface area (Å²) in [6, 6.07) is 6.98. The Balaban J connectivity index is 1.68. The lowest BCUT2D eigenvalue weighted by Crippen LogP contribution is -2.53. The van der Waals surface area contributed by atoms with Gasteiger partial charge in [0.15, 0.2) is 6.61 Å². The first-order valence-electron chi connectivity index (χ1n) is 10.6. The van der Waals surface area contributed by atoms with Crippen LogP contribution in [0.4, 0.5) is 0 Å². The van der Waals surface area contributed by atoms with E-state index in [0.29, 0.717) is 32.7 Å². The summed E-state index contributed by atoms with van der Waals surface area (Å²) in [7, 11) is 0. The molecule has 10 heteroatoms. The molecule has 1 aromatic heterocycles. The van der Waals surface area contributed by atoms with Crippen LogP contribution in [-0.4, -0.2) is 88.8 Å². The van der Waals surface area contributed by atoms with Crippen LogP contribution < -0.4 is 5.32 Å². The molecule has 2 amide bonds. The third kappa shape index (κ3) is 6.06. The van der Waals surface area contributed by atoms with Crippen molar-refractivity contribution in [1.29, 1.82) is 0 Å². The largest absolute Gasteiger partial charge is 0.390 e. The Bertz CT molecular complexity index is 951. The molecule has 1 aliphatic rings. The molecule has 32 heavy (non-hydrogen) atoms. The van der Waals surface area contributed by atoms with Gasteiger partial charge < -0.3 is 35.0 Å². The summed E-state index contributed by atoms with van der Waals surface area (Å²) in [5.74, 6) is -0.698. The second-order valence-electron chi connectivity index (χ2n) is 7.81. The maximum Gasteiger partial charge on any atom is 0.261 e. The van der Waals surface area contributed by atoms with Crippen molar-refractivity contribution in [3.8, 4) is 0 Å². The number of benzene rings is 1. The molecule has 3 rings (SSSR count). The van der Waals surface area contributed by atoms with Crippen LogP contribution in [0.1, 0.15) is 19.4 Å². The number of ether oxygens (including phenoxy) is 1. The summed E-state index contributed by atoms with van der Waals surface area (Å²) >= 11 is 0. The lowest BCUT2D eigenvalue weighted by atomic mass is 10.0. The number of aromatic amines is 1. The fourth-order valence-electron chi connectivity index (χ4n) is 3.56. The number of aliphatic hydroxyl groups excluding tert-OH is 2. The van der Waals surface area contributed by atoms with Crippen LogP contribution >= 0.6 is 0 Å². The molecule has 174 valence electrons. The Labute approximate surface area is 186 Å². The van der Waals surface area contributed by atoms with Gasteiger partial charge in [-0.25, -0.2) is 0 Å². The predicted molar refractivity (Wildman–Crippen MR) is 118 cm³/mol. The molecule has 1 aliphatic heterocycles. The highest BCUT2D eigenvalue weighted by molar-refractivity contribution is 5.90. The molecule has 2 heterocycles.